The molecule has 0 aliphatic carbocycles. The van der Waals surface area contributed by atoms with Gasteiger partial charge >= 0.3 is 0 Å². The molecule has 2 heterocycles. The summed E-state index contributed by atoms with van der Waals surface area (Å²) in [5.41, 5.74) is 0. The average molecular weight is 208 g/mol. The molecule has 1 unspecified atom stereocenters. The first-order chi connectivity index (χ1) is 7.09. The summed E-state index contributed by atoms with van der Waals surface area (Å²) in [7, 11) is 0. The maximum atomic E-state index is 11.4. The second-order valence-electron chi connectivity index (χ2n) is 3.66. The van der Waals surface area contributed by atoms with E-state index in [2.05, 4.69) is 4.98 Å². The molecule has 1 aromatic rings. The molecule has 0 radical (unpaired) electrons. The predicted octanol–water partition coefficient (Wildman–Crippen LogP) is 0.845. The molecule has 1 saturated heterocycles. The van der Waals surface area contributed by atoms with Crippen LogP contribution in [0.2, 0.25) is 0 Å². The Kier molecular flexibility index (Phi) is 2.30. The van der Waals surface area contributed by atoms with Crippen LogP contribution in [0.1, 0.15) is 31.0 Å². The van der Waals surface area contributed by atoms with Crippen molar-refractivity contribution in [3.63, 3.8) is 0 Å². The van der Waals surface area contributed by atoms with Gasteiger partial charge in [0.2, 0.25) is 11.7 Å². The van der Waals surface area contributed by atoms with E-state index in [1.807, 2.05) is 6.92 Å². The number of oxazole rings is 1. The quantitative estimate of drug-likeness (QED) is 0.676. The third-order valence-corrected chi connectivity index (χ3v) is 2.54. The van der Waals surface area contributed by atoms with Crippen molar-refractivity contribution in [2.45, 2.75) is 26.3 Å². The van der Waals surface area contributed by atoms with Gasteiger partial charge in [-0.05, 0) is 13.8 Å². The Balaban J connectivity index is 2.18. The molecule has 1 aliphatic heterocycles. The molecular formula is C10H12N2O3. The highest BCUT2D eigenvalue weighted by molar-refractivity contribution is 6.37. The van der Waals surface area contributed by atoms with Crippen molar-refractivity contribution in [3.05, 3.63) is 17.8 Å². The molecule has 0 aromatic carbocycles. The van der Waals surface area contributed by atoms with E-state index < -0.39 is 5.91 Å². The highest BCUT2D eigenvalue weighted by Crippen LogP contribution is 2.23. The van der Waals surface area contributed by atoms with Gasteiger partial charge in [-0.2, -0.15) is 0 Å². The zero-order valence-corrected chi connectivity index (χ0v) is 8.69. The Bertz CT molecular complexity index is 411. The number of Topliss-reactive ketones (excluding diaryl/α,β-unsaturated/α-hetero) is 1. The fraction of sp³-hybridized carbons (Fsp3) is 0.500. The molecule has 1 aliphatic rings. The SMILES string of the molecule is Cc1cnc(C(C)N2CCC(=O)C2=O)o1. The van der Waals surface area contributed by atoms with Gasteiger partial charge < -0.3 is 9.32 Å². The van der Waals surface area contributed by atoms with Gasteiger partial charge in [0, 0.05) is 13.0 Å². The van der Waals surface area contributed by atoms with Gasteiger partial charge in [0.1, 0.15) is 11.8 Å². The number of likely N-dealkylation sites (tertiary alicyclic amines) is 1. The lowest BCUT2D eigenvalue weighted by atomic mass is 10.3. The number of rotatable bonds is 2. The number of carbonyl (C=O) groups is 2. The molecule has 0 saturated carbocycles. The van der Waals surface area contributed by atoms with Crippen LogP contribution in [0.5, 0.6) is 0 Å². The van der Waals surface area contributed by atoms with Crippen LogP contribution in [0.4, 0.5) is 0 Å². The van der Waals surface area contributed by atoms with Crippen molar-refractivity contribution >= 4 is 11.7 Å². The summed E-state index contributed by atoms with van der Waals surface area (Å²) < 4.78 is 5.32. The highest BCUT2D eigenvalue weighted by Gasteiger charge is 2.34. The molecule has 1 atom stereocenters. The van der Waals surface area contributed by atoms with E-state index in [0.29, 0.717) is 24.6 Å². The first-order valence-electron chi connectivity index (χ1n) is 4.85. The lowest BCUT2D eigenvalue weighted by Crippen LogP contribution is -2.30. The Morgan fingerprint density at radius 3 is 2.73 bits per heavy atom. The maximum Gasteiger partial charge on any atom is 0.290 e. The van der Waals surface area contributed by atoms with Crippen molar-refractivity contribution in [1.29, 1.82) is 0 Å². The molecule has 1 aromatic heterocycles. The number of carbonyl (C=O) groups excluding carboxylic acids is 2. The van der Waals surface area contributed by atoms with Crippen LogP contribution in [-0.2, 0) is 9.59 Å². The molecule has 5 nitrogen and oxygen atoms in total. The normalized spacial score (nSPS) is 18.7. The van der Waals surface area contributed by atoms with Crippen LogP contribution >= 0.6 is 0 Å². The lowest BCUT2D eigenvalue weighted by Gasteiger charge is -2.20. The van der Waals surface area contributed by atoms with Gasteiger partial charge in [-0.1, -0.05) is 0 Å². The number of hydrogen-bond acceptors (Lipinski definition) is 4. The van der Waals surface area contributed by atoms with E-state index in [1.54, 1.807) is 13.1 Å². The highest BCUT2D eigenvalue weighted by atomic mass is 16.4. The van der Waals surface area contributed by atoms with Gasteiger partial charge in [-0.15, -0.1) is 0 Å². The van der Waals surface area contributed by atoms with Gasteiger partial charge in [-0.3, -0.25) is 9.59 Å². The van der Waals surface area contributed by atoms with Gasteiger partial charge in [0.25, 0.3) is 5.91 Å². The van der Waals surface area contributed by atoms with E-state index in [4.69, 9.17) is 4.42 Å². The second-order valence-corrected chi connectivity index (χ2v) is 3.66. The zero-order valence-electron chi connectivity index (χ0n) is 8.69. The molecule has 1 fully saturated rings. The van der Waals surface area contributed by atoms with Crippen molar-refractivity contribution in [2.24, 2.45) is 0 Å². The second kappa shape index (κ2) is 3.49. The van der Waals surface area contributed by atoms with Gasteiger partial charge in [0.15, 0.2) is 0 Å². The largest absolute Gasteiger partial charge is 0.444 e. The molecule has 1 amide bonds. The molecule has 0 bridgehead atoms. The number of aromatic nitrogens is 1. The van der Waals surface area contributed by atoms with Crippen LogP contribution in [0.15, 0.2) is 10.6 Å². The predicted molar refractivity (Wildman–Crippen MR) is 51.0 cm³/mol. The Labute approximate surface area is 87.1 Å². The summed E-state index contributed by atoms with van der Waals surface area (Å²) in [6.45, 7) is 4.06. The number of hydrogen-bond donors (Lipinski definition) is 0. The van der Waals surface area contributed by atoms with Crippen LogP contribution < -0.4 is 0 Å². The Hall–Kier alpha value is -1.65. The third-order valence-electron chi connectivity index (χ3n) is 2.54. The minimum absolute atomic E-state index is 0.266. The summed E-state index contributed by atoms with van der Waals surface area (Å²) in [6, 6.07) is -0.266. The summed E-state index contributed by atoms with van der Waals surface area (Å²) in [5, 5.41) is 0. The molecule has 2 rings (SSSR count). The number of ketones is 1. The molecule has 80 valence electrons. The first kappa shape index (κ1) is 9.89. The summed E-state index contributed by atoms with van der Waals surface area (Å²) >= 11 is 0. The fourth-order valence-electron chi connectivity index (χ4n) is 1.66. The Morgan fingerprint density at radius 2 is 2.27 bits per heavy atom. The summed E-state index contributed by atoms with van der Waals surface area (Å²) in [4.78, 5) is 28.1. The van der Waals surface area contributed by atoms with Crippen molar-refractivity contribution in [1.82, 2.24) is 9.88 Å². The molecule has 0 N–H and O–H groups in total. The van der Waals surface area contributed by atoms with E-state index >= 15 is 0 Å². The van der Waals surface area contributed by atoms with Crippen LogP contribution in [0, 0.1) is 6.92 Å². The standard InChI is InChI=1S/C10H12N2O3/c1-6-5-11-9(15-6)7(2)12-4-3-8(13)10(12)14/h5,7H,3-4H2,1-2H3. The lowest BCUT2D eigenvalue weighted by molar-refractivity contribution is -0.141. The van der Waals surface area contributed by atoms with Gasteiger partial charge in [0.05, 0.1) is 6.20 Å². The number of amides is 1. The maximum absolute atomic E-state index is 11.4. The monoisotopic (exact) mass is 208 g/mol. The van der Waals surface area contributed by atoms with Crippen molar-refractivity contribution in [3.8, 4) is 0 Å². The first-order valence-corrected chi connectivity index (χ1v) is 4.85. The molecular weight excluding hydrogens is 196 g/mol. The zero-order chi connectivity index (χ0) is 11.0. The minimum atomic E-state index is -0.432. The number of nitrogens with zero attached hydrogens (tertiary/aromatic N) is 2. The molecule has 5 heteroatoms. The smallest absolute Gasteiger partial charge is 0.290 e. The van der Waals surface area contributed by atoms with Gasteiger partial charge in [-0.25, -0.2) is 4.98 Å². The minimum Gasteiger partial charge on any atom is -0.444 e. The van der Waals surface area contributed by atoms with E-state index in [-0.39, 0.29) is 11.8 Å². The van der Waals surface area contributed by atoms with Crippen LogP contribution in [0.3, 0.4) is 0 Å². The van der Waals surface area contributed by atoms with Crippen molar-refractivity contribution in [2.75, 3.05) is 6.54 Å². The van der Waals surface area contributed by atoms with E-state index in [1.165, 1.54) is 4.90 Å². The van der Waals surface area contributed by atoms with E-state index in [9.17, 15) is 9.59 Å². The summed E-state index contributed by atoms with van der Waals surface area (Å²) in [5.74, 6) is 0.425. The van der Waals surface area contributed by atoms with E-state index in [0.717, 1.165) is 0 Å². The molecule has 0 spiro atoms. The topological polar surface area (TPSA) is 63.4 Å². The molecule has 15 heavy (non-hydrogen) atoms. The summed E-state index contributed by atoms with van der Waals surface area (Å²) in [6.07, 6.45) is 1.90. The number of aryl methyl sites for hydroxylation is 1. The van der Waals surface area contributed by atoms with Crippen molar-refractivity contribution < 1.29 is 14.0 Å². The van der Waals surface area contributed by atoms with Crippen LogP contribution in [0.25, 0.3) is 0 Å². The fourth-order valence-corrected chi connectivity index (χ4v) is 1.66. The third kappa shape index (κ3) is 1.65. The Morgan fingerprint density at radius 1 is 1.53 bits per heavy atom. The average Bonchev–Trinajstić information content (AvgIpc) is 2.75. The van der Waals surface area contributed by atoms with Crippen LogP contribution in [-0.4, -0.2) is 28.1 Å².